The highest BCUT2D eigenvalue weighted by atomic mass is 35.5. The van der Waals surface area contributed by atoms with E-state index in [4.69, 9.17) is 11.6 Å². The molecule has 1 aromatic rings. The number of benzene rings is 1. The molecule has 2 heterocycles. The Morgan fingerprint density at radius 1 is 1.19 bits per heavy atom. The van der Waals surface area contributed by atoms with Crippen molar-refractivity contribution in [3.63, 3.8) is 0 Å². The molecule has 0 bridgehead atoms. The third kappa shape index (κ3) is 4.57. The maximum atomic E-state index is 12.7. The molecule has 6 nitrogen and oxygen atoms in total. The molecule has 2 saturated heterocycles. The molecule has 0 saturated carbocycles. The minimum absolute atomic E-state index is 0.195. The van der Waals surface area contributed by atoms with Crippen LogP contribution in [-0.2, 0) is 14.8 Å². The van der Waals surface area contributed by atoms with Gasteiger partial charge in [-0.15, -0.1) is 0 Å². The molecule has 0 spiro atoms. The Labute approximate surface area is 160 Å². The zero-order chi connectivity index (χ0) is 18.7. The molecule has 26 heavy (non-hydrogen) atoms. The zero-order valence-corrected chi connectivity index (χ0v) is 16.7. The molecule has 1 amide bonds. The van der Waals surface area contributed by atoms with Crippen molar-refractivity contribution in [2.45, 2.75) is 24.7 Å². The molecule has 2 fully saturated rings. The van der Waals surface area contributed by atoms with Gasteiger partial charge >= 0.3 is 0 Å². The largest absolute Gasteiger partial charge is 0.338 e. The zero-order valence-electron chi connectivity index (χ0n) is 15.2. The molecular weight excluding hydrogens is 374 g/mol. The minimum atomic E-state index is -3.49. The van der Waals surface area contributed by atoms with E-state index in [2.05, 4.69) is 6.92 Å². The van der Waals surface area contributed by atoms with Crippen LogP contribution in [0.4, 0.5) is 0 Å². The second-order valence-electron chi connectivity index (χ2n) is 7.37. The average molecular weight is 401 g/mol. The minimum Gasteiger partial charge on any atom is -0.338 e. The second kappa shape index (κ2) is 8.25. The van der Waals surface area contributed by atoms with Gasteiger partial charge in [-0.1, -0.05) is 18.5 Å². The highest BCUT2D eigenvalue weighted by Gasteiger charge is 2.32. The van der Waals surface area contributed by atoms with Gasteiger partial charge in [0.1, 0.15) is 0 Å². The standard InChI is InChI=1S/C18H26ClN3O3S/c1-15-3-2-8-21(13-15)18(23)14-20-9-11-22(12-10-20)26(24,25)17-6-4-16(19)5-7-17/h4-7,15H,2-3,8-14H2,1H3/p+1/t15-/m0/s1. The highest BCUT2D eigenvalue weighted by molar-refractivity contribution is 7.89. The van der Waals surface area contributed by atoms with Gasteiger partial charge in [0.15, 0.2) is 6.54 Å². The first-order valence-corrected chi connectivity index (χ1v) is 11.0. The Hall–Kier alpha value is -1.15. The lowest BCUT2D eigenvalue weighted by atomic mass is 10.0. The Morgan fingerprint density at radius 3 is 2.46 bits per heavy atom. The van der Waals surface area contributed by atoms with Crippen molar-refractivity contribution in [1.29, 1.82) is 0 Å². The molecule has 8 heteroatoms. The third-order valence-electron chi connectivity index (χ3n) is 5.29. The van der Waals surface area contributed by atoms with E-state index in [0.717, 1.165) is 24.4 Å². The van der Waals surface area contributed by atoms with Crippen molar-refractivity contribution in [1.82, 2.24) is 9.21 Å². The van der Waals surface area contributed by atoms with Crippen LogP contribution in [0, 0.1) is 5.92 Å². The summed E-state index contributed by atoms with van der Waals surface area (Å²) in [5, 5.41) is 0.517. The van der Waals surface area contributed by atoms with Crippen LogP contribution >= 0.6 is 11.6 Å². The maximum Gasteiger partial charge on any atom is 0.277 e. The summed E-state index contributed by atoms with van der Waals surface area (Å²) in [6.45, 7) is 6.53. The summed E-state index contributed by atoms with van der Waals surface area (Å²) >= 11 is 5.84. The fourth-order valence-electron chi connectivity index (χ4n) is 3.72. The second-order valence-corrected chi connectivity index (χ2v) is 9.75. The van der Waals surface area contributed by atoms with Crippen molar-refractivity contribution in [2.24, 2.45) is 5.92 Å². The van der Waals surface area contributed by atoms with Gasteiger partial charge in [0.05, 0.1) is 31.1 Å². The van der Waals surface area contributed by atoms with Crippen LogP contribution in [-0.4, -0.2) is 69.3 Å². The van der Waals surface area contributed by atoms with Gasteiger partial charge in [-0.3, -0.25) is 4.79 Å². The van der Waals surface area contributed by atoms with Crippen molar-refractivity contribution in [3.05, 3.63) is 29.3 Å². The quantitative estimate of drug-likeness (QED) is 0.800. The maximum absolute atomic E-state index is 12.7. The number of carbonyl (C=O) groups is 1. The number of amides is 1. The monoisotopic (exact) mass is 400 g/mol. The smallest absolute Gasteiger partial charge is 0.277 e. The summed E-state index contributed by atoms with van der Waals surface area (Å²) in [5.41, 5.74) is 0. The molecule has 1 atom stereocenters. The summed E-state index contributed by atoms with van der Waals surface area (Å²) in [7, 11) is -3.49. The molecular formula is C18H27ClN3O3S+. The van der Waals surface area contributed by atoms with Crippen LogP contribution in [0.25, 0.3) is 0 Å². The highest BCUT2D eigenvalue weighted by Crippen LogP contribution is 2.18. The number of nitrogens with one attached hydrogen (secondary N) is 1. The van der Waals surface area contributed by atoms with Crippen LogP contribution in [0.15, 0.2) is 29.2 Å². The van der Waals surface area contributed by atoms with Gasteiger partial charge in [0.25, 0.3) is 5.91 Å². The fraction of sp³-hybridized carbons (Fsp3) is 0.611. The van der Waals surface area contributed by atoms with Crippen molar-refractivity contribution < 1.29 is 18.1 Å². The molecule has 2 aliphatic heterocycles. The summed E-state index contributed by atoms with van der Waals surface area (Å²) in [6, 6.07) is 6.26. The Bertz CT molecular complexity index is 731. The number of piperidine rings is 1. The number of rotatable bonds is 4. The van der Waals surface area contributed by atoms with E-state index in [0.29, 0.717) is 43.7 Å². The molecule has 0 radical (unpaired) electrons. The van der Waals surface area contributed by atoms with Crippen LogP contribution in [0.2, 0.25) is 5.02 Å². The first-order valence-electron chi connectivity index (χ1n) is 9.23. The SMILES string of the molecule is C[C@H]1CCCN(C(=O)C[NH+]2CCN(S(=O)(=O)c3ccc(Cl)cc3)CC2)C1. The Kier molecular flexibility index (Phi) is 6.22. The fourth-order valence-corrected chi connectivity index (χ4v) is 5.28. The van der Waals surface area contributed by atoms with Crippen LogP contribution < -0.4 is 4.90 Å². The number of likely N-dealkylation sites (tertiary alicyclic amines) is 1. The Morgan fingerprint density at radius 2 is 1.85 bits per heavy atom. The average Bonchev–Trinajstić information content (AvgIpc) is 2.62. The number of piperazine rings is 1. The Balaban J connectivity index is 1.54. The lowest BCUT2D eigenvalue weighted by Gasteiger charge is -2.34. The van der Waals surface area contributed by atoms with E-state index in [9.17, 15) is 13.2 Å². The van der Waals surface area contributed by atoms with Crippen molar-refractivity contribution in [2.75, 3.05) is 45.8 Å². The number of quaternary nitrogens is 1. The molecule has 0 unspecified atom stereocenters. The van der Waals surface area contributed by atoms with Crippen LogP contribution in [0.1, 0.15) is 19.8 Å². The number of halogens is 1. The van der Waals surface area contributed by atoms with Gasteiger partial charge in [0, 0.05) is 18.1 Å². The van der Waals surface area contributed by atoms with E-state index in [1.54, 1.807) is 12.1 Å². The first-order chi connectivity index (χ1) is 12.4. The van der Waals surface area contributed by atoms with Gasteiger partial charge in [-0.2, -0.15) is 4.31 Å². The molecule has 1 aromatic carbocycles. The lowest BCUT2D eigenvalue weighted by Crippen LogP contribution is -3.15. The van der Waals surface area contributed by atoms with E-state index >= 15 is 0 Å². The predicted molar refractivity (Wildman–Crippen MR) is 101 cm³/mol. The summed E-state index contributed by atoms with van der Waals surface area (Å²) in [6.07, 6.45) is 2.27. The molecule has 3 rings (SSSR count). The lowest BCUT2D eigenvalue weighted by molar-refractivity contribution is -0.896. The normalized spacial score (nSPS) is 23.2. The van der Waals surface area contributed by atoms with Gasteiger partial charge in [-0.05, 0) is 43.0 Å². The summed E-state index contributed by atoms with van der Waals surface area (Å²) < 4.78 is 26.9. The number of hydrogen-bond acceptors (Lipinski definition) is 3. The first kappa shape index (κ1) is 19.6. The van der Waals surface area contributed by atoms with E-state index in [1.807, 2.05) is 4.90 Å². The van der Waals surface area contributed by atoms with Crippen LogP contribution in [0.3, 0.4) is 0 Å². The molecule has 0 aromatic heterocycles. The predicted octanol–water partition coefficient (Wildman–Crippen LogP) is 0.488. The van der Waals surface area contributed by atoms with Gasteiger partial charge in [-0.25, -0.2) is 8.42 Å². The molecule has 144 valence electrons. The van der Waals surface area contributed by atoms with E-state index in [1.165, 1.54) is 22.9 Å². The molecule has 2 aliphatic rings. The van der Waals surface area contributed by atoms with Gasteiger partial charge < -0.3 is 9.80 Å². The summed E-state index contributed by atoms with van der Waals surface area (Å²) in [5.74, 6) is 0.768. The van der Waals surface area contributed by atoms with Crippen molar-refractivity contribution >= 4 is 27.5 Å². The molecule has 0 aliphatic carbocycles. The van der Waals surface area contributed by atoms with E-state index < -0.39 is 10.0 Å². The topological polar surface area (TPSA) is 62.1 Å². The van der Waals surface area contributed by atoms with Gasteiger partial charge in [0.2, 0.25) is 10.0 Å². The number of sulfonamides is 1. The number of nitrogens with zero attached hydrogens (tertiary/aromatic N) is 2. The van der Waals surface area contributed by atoms with E-state index in [-0.39, 0.29) is 10.8 Å². The third-order valence-corrected chi connectivity index (χ3v) is 7.46. The summed E-state index contributed by atoms with van der Waals surface area (Å²) in [4.78, 5) is 15.9. The number of carbonyl (C=O) groups excluding carboxylic acids is 1. The number of hydrogen-bond donors (Lipinski definition) is 1. The van der Waals surface area contributed by atoms with Crippen molar-refractivity contribution in [3.8, 4) is 0 Å². The van der Waals surface area contributed by atoms with Crippen LogP contribution in [0.5, 0.6) is 0 Å². The molecule has 1 N–H and O–H groups in total.